The van der Waals surface area contributed by atoms with Crippen molar-refractivity contribution in [3.63, 3.8) is 0 Å². The highest BCUT2D eigenvalue weighted by atomic mass is 16.3. The number of furan rings is 2. The van der Waals surface area contributed by atoms with Crippen LogP contribution < -0.4 is 9.80 Å². The van der Waals surface area contributed by atoms with Gasteiger partial charge in [0.25, 0.3) is 0 Å². The van der Waals surface area contributed by atoms with Crippen molar-refractivity contribution in [3.8, 4) is 22.3 Å². The molecule has 0 aliphatic heterocycles. The molecule has 0 spiro atoms. The van der Waals surface area contributed by atoms with Crippen LogP contribution in [-0.4, -0.2) is 0 Å². The van der Waals surface area contributed by atoms with E-state index in [4.69, 9.17) is 8.83 Å². The van der Waals surface area contributed by atoms with Gasteiger partial charge in [-0.15, -0.1) is 0 Å². The number of benzene rings is 18. The van der Waals surface area contributed by atoms with Crippen molar-refractivity contribution in [2.45, 2.75) is 78.1 Å². The van der Waals surface area contributed by atoms with Crippen LogP contribution in [-0.2, 0) is 10.8 Å². The quantitative estimate of drug-likeness (QED) is 0.142. The van der Waals surface area contributed by atoms with Crippen LogP contribution in [0.1, 0.15) is 101 Å². The summed E-state index contributed by atoms with van der Waals surface area (Å²) in [4.78, 5) is 5.10. The van der Waals surface area contributed by atoms with Crippen molar-refractivity contribution in [1.29, 1.82) is 0 Å². The molecule has 0 saturated heterocycles. The number of para-hydroxylation sites is 4. The van der Waals surface area contributed by atoms with Gasteiger partial charge in [-0.3, -0.25) is 0 Å². The molecule has 18 aromatic carbocycles. The standard InChI is InChI=1S/C100H72N2O2/c1-55(2)77-53-91(101(89-35-21-33-73-69-31-17-19-37-93(69)103-97(73)89)57-39-41-67-83-49-79-63-27-13-9-23-59(63)61-25-11-15-29-65(61)81(79)51-87(83)99(5,6)85(67)47-57)75-46-44-72-78(56(3)4)54-92(76-45-43-71(77)95(75)96(72)76)102(90-36-22-34-74-70-32-18-20-38-94(70)104-98(74)90)58-40-42-68-84-50-80-64-28-14-10-24-60(64)62-26-12-16-30-66(62)82(80)52-88(84)100(7,8)86(68)48-58/h9-56H,1-8H3. The van der Waals surface area contributed by atoms with E-state index >= 15 is 0 Å². The monoisotopic (exact) mass is 1330 g/mol. The predicted molar refractivity (Wildman–Crippen MR) is 442 cm³/mol. The molecule has 0 saturated carbocycles. The molecule has 2 heterocycles. The number of hydrogen-bond acceptors (Lipinski definition) is 4. The maximum Gasteiger partial charge on any atom is 0.159 e. The lowest BCUT2D eigenvalue weighted by Gasteiger charge is -2.32. The first-order valence-electron chi connectivity index (χ1n) is 37.0. The first-order valence-corrected chi connectivity index (χ1v) is 37.0. The fourth-order valence-corrected chi connectivity index (χ4v) is 19.5. The zero-order valence-corrected chi connectivity index (χ0v) is 59.4. The summed E-state index contributed by atoms with van der Waals surface area (Å²) in [5.41, 5.74) is 22.1. The van der Waals surface area contributed by atoms with Gasteiger partial charge in [0.05, 0.1) is 22.7 Å². The molecule has 104 heavy (non-hydrogen) atoms. The fourth-order valence-electron chi connectivity index (χ4n) is 19.5. The van der Waals surface area contributed by atoms with E-state index in [1.165, 1.54) is 153 Å². The van der Waals surface area contributed by atoms with Crippen LogP contribution in [0.3, 0.4) is 0 Å². The summed E-state index contributed by atoms with van der Waals surface area (Å²) in [6, 6.07) is 106. The van der Waals surface area contributed by atoms with Crippen molar-refractivity contribution < 1.29 is 8.83 Å². The molecule has 0 radical (unpaired) electrons. The van der Waals surface area contributed by atoms with Crippen molar-refractivity contribution in [3.05, 3.63) is 312 Å². The zero-order chi connectivity index (χ0) is 69.5. The Morgan fingerprint density at radius 2 is 0.548 bits per heavy atom. The van der Waals surface area contributed by atoms with E-state index in [2.05, 4.69) is 344 Å². The van der Waals surface area contributed by atoms with E-state index in [-0.39, 0.29) is 22.7 Å². The number of rotatable bonds is 8. The van der Waals surface area contributed by atoms with Crippen LogP contribution in [0.4, 0.5) is 34.1 Å². The van der Waals surface area contributed by atoms with E-state index < -0.39 is 0 Å². The minimum atomic E-state index is -0.343. The van der Waals surface area contributed by atoms with Crippen LogP contribution in [0.2, 0.25) is 0 Å². The first-order chi connectivity index (χ1) is 50.8. The molecule has 494 valence electrons. The average Bonchev–Trinajstić information content (AvgIpc) is 1.40. The third kappa shape index (κ3) is 7.98. The summed E-state index contributed by atoms with van der Waals surface area (Å²) in [5, 5.41) is 27.2. The Hall–Kier alpha value is -12.2. The van der Waals surface area contributed by atoms with Gasteiger partial charge in [-0.05, 0) is 239 Å². The Bertz CT molecular complexity index is 6770. The molecular weight excluding hydrogens is 1260 g/mol. The maximum absolute atomic E-state index is 7.18. The molecule has 2 aliphatic rings. The highest BCUT2D eigenvalue weighted by Gasteiger charge is 2.40. The van der Waals surface area contributed by atoms with Crippen molar-refractivity contribution in [1.82, 2.24) is 0 Å². The van der Waals surface area contributed by atoms with Gasteiger partial charge in [0, 0.05) is 54.5 Å². The van der Waals surface area contributed by atoms with Gasteiger partial charge < -0.3 is 18.6 Å². The minimum Gasteiger partial charge on any atom is -0.454 e. The van der Waals surface area contributed by atoms with Gasteiger partial charge >= 0.3 is 0 Å². The Labute approximate surface area is 602 Å². The molecule has 0 bridgehead atoms. The largest absolute Gasteiger partial charge is 0.454 e. The highest BCUT2D eigenvalue weighted by molar-refractivity contribution is 6.32. The van der Waals surface area contributed by atoms with Crippen molar-refractivity contribution in [2.24, 2.45) is 0 Å². The van der Waals surface area contributed by atoms with Crippen LogP contribution in [0.5, 0.6) is 0 Å². The molecule has 0 atom stereocenters. The van der Waals surface area contributed by atoms with E-state index in [1.54, 1.807) is 0 Å². The summed E-state index contributed by atoms with van der Waals surface area (Å²) in [6.07, 6.45) is 0. The predicted octanol–water partition coefficient (Wildman–Crippen LogP) is 29.1. The molecule has 4 nitrogen and oxygen atoms in total. The number of nitrogens with zero attached hydrogens (tertiary/aromatic N) is 2. The molecule has 0 amide bonds. The Morgan fingerprint density at radius 3 is 0.913 bits per heavy atom. The second-order valence-corrected chi connectivity index (χ2v) is 31.3. The highest BCUT2D eigenvalue weighted by Crippen LogP contribution is 2.59. The summed E-state index contributed by atoms with van der Waals surface area (Å²) in [6.45, 7) is 19.2. The summed E-state index contributed by atoms with van der Waals surface area (Å²) in [5.74, 6) is 0.328. The van der Waals surface area contributed by atoms with E-state index in [1.807, 2.05) is 0 Å². The van der Waals surface area contributed by atoms with Crippen molar-refractivity contribution in [2.75, 3.05) is 9.80 Å². The lowest BCUT2D eigenvalue weighted by Crippen LogP contribution is -2.17. The maximum atomic E-state index is 7.18. The summed E-state index contributed by atoms with van der Waals surface area (Å²) < 4.78 is 14.4. The van der Waals surface area contributed by atoms with Gasteiger partial charge in [0.1, 0.15) is 11.2 Å². The number of fused-ring (bicyclic) bond motifs is 24. The Balaban J connectivity index is 0.798. The van der Waals surface area contributed by atoms with Crippen LogP contribution in [0, 0.1) is 0 Å². The molecule has 0 unspecified atom stereocenters. The molecule has 0 N–H and O–H groups in total. The molecule has 2 aromatic heterocycles. The van der Waals surface area contributed by atoms with E-state index in [0.29, 0.717) is 0 Å². The third-order valence-electron chi connectivity index (χ3n) is 24.5. The van der Waals surface area contributed by atoms with Crippen LogP contribution >= 0.6 is 0 Å². The smallest absolute Gasteiger partial charge is 0.159 e. The lowest BCUT2D eigenvalue weighted by molar-refractivity contribution is 0.661. The summed E-state index contributed by atoms with van der Waals surface area (Å²) in [7, 11) is 0. The first kappa shape index (κ1) is 59.4. The van der Waals surface area contributed by atoms with Gasteiger partial charge in [-0.2, -0.15) is 0 Å². The zero-order valence-electron chi connectivity index (χ0n) is 59.4. The molecule has 4 heteroatoms. The molecule has 20 aromatic rings. The molecule has 2 aliphatic carbocycles. The SMILES string of the molecule is CC(C)c1cc(N(c2ccc3c(c2)C(C)(C)c2cc4c5ccccc5c5ccccc5c4cc2-3)c2cccc3c2oc2ccccc23)c2ccc3c(C(C)C)cc(N(c4ccc5c(c4)C(C)(C)c4cc6c7ccccc7c7ccccc7c6cc4-5)c4cccc5c4oc4ccccc45)c4ccc1c2c34. The molecular formula is C100H72N2O2. The summed E-state index contributed by atoms with van der Waals surface area (Å²) >= 11 is 0. The Kier molecular flexibility index (Phi) is 12.1. The number of anilines is 6. The number of hydrogen-bond donors (Lipinski definition) is 0. The Morgan fingerprint density at radius 1 is 0.240 bits per heavy atom. The topological polar surface area (TPSA) is 32.8 Å². The third-order valence-corrected chi connectivity index (χ3v) is 24.5. The van der Waals surface area contributed by atoms with Crippen LogP contribution in [0.15, 0.2) is 288 Å². The van der Waals surface area contributed by atoms with E-state index in [0.717, 1.165) is 78.0 Å². The van der Waals surface area contributed by atoms with Gasteiger partial charge in [-0.1, -0.05) is 250 Å². The normalized spacial score (nSPS) is 13.9. The minimum absolute atomic E-state index is 0.164. The fraction of sp³-hybridized carbons (Fsp3) is 0.120. The lowest BCUT2D eigenvalue weighted by atomic mass is 9.81. The van der Waals surface area contributed by atoms with Gasteiger partial charge in [0.15, 0.2) is 11.2 Å². The van der Waals surface area contributed by atoms with Gasteiger partial charge in [-0.25, -0.2) is 0 Å². The van der Waals surface area contributed by atoms with Crippen molar-refractivity contribution >= 4 is 175 Å². The second kappa shape index (κ2) is 21.2. The van der Waals surface area contributed by atoms with Crippen LogP contribution in [0.25, 0.3) is 163 Å². The second-order valence-electron chi connectivity index (χ2n) is 31.3. The van der Waals surface area contributed by atoms with E-state index in [9.17, 15) is 0 Å². The molecule has 22 rings (SSSR count). The average molecular weight is 1330 g/mol. The van der Waals surface area contributed by atoms with Gasteiger partial charge in [0.2, 0.25) is 0 Å². The molecule has 0 fully saturated rings.